The van der Waals surface area contributed by atoms with Crippen molar-refractivity contribution in [3.05, 3.63) is 77.4 Å². The zero-order valence-corrected chi connectivity index (χ0v) is 16.0. The van der Waals surface area contributed by atoms with Gasteiger partial charge < -0.3 is 0 Å². The molecule has 0 amide bonds. The van der Waals surface area contributed by atoms with Gasteiger partial charge in [-0.2, -0.15) is 9.40 Å². The summed E-state index contributed by atoms with van der Waals surface area (Å²) >= 11 is 0. The average Bonchev–Trinajstić information content (AvgIpc) is 3.36. The van der Waals surface area contributed by atoms with E-state index in [9.17, 15) is 8.42 Å². The van der Waals surface area contributed by atoms with Crippen LogP contribution in [0.4, 0.5) is 0 Å². The van der Waals surface area contributed by atoms with Crippen LogP contribution in [0.1, 0.15) is 41.4 Å². The normalized spacial score (nSPS) is 18.0. The highest BCUT2D eigenvalue weighted by Gasteiger charge is 2.37. The molecule has 140 valence electrons. The van der Waals surface area contributed by atoms with E-state index >= 15 is 0 Å². The molecule has 0 spiro atoms. The summed E-state index contributed by atoms with van der Waals surface area (Å²) in [4.78, 5) is 4.99. The van der Waals surface area contributed by atoms with Crippen LogP contribution in [0.5, 0.6) is 0 Å². The number of aromatic amines is 1. The molecule has 1 fully saturated rings. The van der Waals surface area contributed by atoms with Crippen LogP contribution in [-0.2, 0) is 16.4 Å². The summed E-state index contributed by atoms with van der Waals surface area (Å²) in [7, 11) is -3.57. The van der Waals surface area contributed by atoms with Crippen LogP contribution in [0.2, 0.25) is 0 Å². The number of aryl methyl sites for hydroxylation is 1. The number of hydrogen-bond donors (Lipinski definition) is 1. The third kappa shape index (κ3) is 3.65. The highest BCUT2D eigenvalue weighted by Crippen LogP contribution is 2.35. The first-order valence-corrected chi connectivity index (χ1v) is 10.5. The van der Waals surface area contributed by atoms with Gasteiger partial charge in [-0.05, 0) is 37.5 Å². The number of aromatic nitrogens is 3. The molecule has 6 nitrogen and oxygen atoms in total. The molecule has 27 heavy (non-hydrogen) atoms. The molecule has 3 aromatic rings. The molecule has 1 aromatic carbocycles. The van der Waals surface area contributed by atoms with Gasteiger partial charge in [-0.3, -0.25) is 10.1 Å². The van der Waals surface area contributed by atoms with E-state index in [0.717, 1.165) is 30.7 Å². The first-order chi connectivity index (χ1) is 13.0. The Labute approximate surface area is 159 Å². The van der Waals surface area contributed by atoms with Crippen LogP contribution >= 0.6 is 0 Å². The highest BCUT2D eigenvalue weighted by molar-refractivity contribution is 7.89. The number of benzene rings is 1. The van der Waals surface area contributed by atoms with Crippen molar-refractivity contribution >= 4 is 10.0 Å². The second-order valence-corrected chi connectivity index (χ2v) is 8.81. The lowest BCUT2D eigenvalue weighted by Gasteiger charge is -2.23. The number of H-pyrrole nitrogens is 1. The Morgan fingerprint density at radius 2 is 2.00 bits per heavy atom. The maximum Gasteiger partial charge on any atom is 0.246 e. The van der Waals surface area contributed by atoms with Gasteiger partial charge in [0.1, 0.15) is 4.90 Å². The number of rotatable bonds is 5. The van der Waals surface area contributed by atoms with Crippen molar-refractivity contribution in [1.29, 1.82) is 0 Å². The van der Waals surface area contributed by atoms with Gasteiger partial charge in [-0.1, -0.05) is 35.9 Å². The molecule has 0 bridgehead atoms. The van der Waals surface area contributed by atoms with E-state index in [1.807, 2.05) is 18.2 Å². The Hall–Kier alpha value is -2.51. The lowest BCUT2D eigenvalue weighted by atomic mass is 10.1. The molecule has 1 aliphatic heterocycles. The van der Waals surface area contributed by atoms with E-state index in [-0.39, 0.29) is 10.9 Å². The first kappa shape index (κ1) is 17.9. The Balaban J connectivity index is 1.60. The van der Waals surface area contributed by atoms with Crippen LogP contribution in [0, 0.1) is 6.92 Å². The highest BCUT2D eigenvalue weighted by atomic mass is 32.2. The summed E-state index contributed by atoms with van der Waals surface area (Å²) in [6.07, 6.45) is 5.11. The second-order valence-electron chi connectivity index (χ2n) is 6.92. The molecular weight excluding hydrogens is 360 g/mol. The minimum Gasteiger partial charge on any atom is -0.284 e. The summed E-state index contributed by atoms with van der Waals surface area (Å²) < 4.78 is 27.4. The van der Waals surface area contributed by atoms with Crippen LogP contribution in [0.15, 0.2) is 59.8 Å². The van der Waals surface area contributed by atoms with Crippen molar-refractivity contribution in [2.45, 2.75) is 37.1 Å². The van der Waals surface area contributed by atoms with E-state index < -0.39 is 10.0 Å². The number of pyridine rings is 1. The molecular formula is C20H22N4O2S. The summed E-state index contributed by atoms with van der Waals surface area (Å²) in [6.45, 7) is 2.57. The van der Waals surface area contributed by atoms with Crippen LogP contribution in [0.3, 0.4) is 0 Å². The van der Waals surface area contributed by atoms with Gasteiger partial charge in [-0.25, -0.2) is 8.42 Å². The molecule has 1 atom stereocenters. The molecule has 4 rings (SSSR count). The molecule has 1 unspecified atom stereocenters. The third-order valence-electron chi connectivity index (χ3n) is 4.96. The molecule has 1 N–H and O–H groups in total. The quantitative estimate of drug-likeness (QED) is 0.735. The van der Waals surface area contributed by atoms with Gasteiger partial charge >= 0.3 is 0 Å². The maximum atomic E-state index is 12.9. The Morgan fingerprint density at radius 3 is 2.74 bits per heavy atom. The molecule has 2 aromatic heterocycles. The fourth-order valence-electron chi connectivity index (χ4n) is 3.54. The topological polar surface area (TPSA) is 79.0 Å². The van der Waals surface area contributed by atoms with Crippen molar-refractivity contribution in [3.8, 4) is 0 Å². The predicted octanol–water partition coefficient (Wildman–Crippen LogP) is 3.23. The average molecular weight is 382 g/mol. The molecule has 3 heterocycles. The van der Waals surface area contributed by atoms with Crippen molar-refractivity contribution < 1.29 is 8.42 Å². The third-order valence-corrected chi connectivity index (χ3v) is 6.83. The standard InChI is InChI=1S/C20H22N4O2S/c1-15-7-9-16(10-8-15)12-17-4-2-5-19(23-17)20-6-3-11-24(20)27(25,26)18-13-21-22-14-18/h2,4-5,7-10,13-14,20H,3,6,11-12H2,1H3,(H,21,22). The van der Waals surface area contributed by atoms with Gasteiger partial charge in [-0.15, -0.1) is 0 Å². The van der Waals surface area contributed by atoms with Gasteiger partial charge in [0.05, 0.1) is 17.9 Å². The molecule has 1 saturated heterocycles. The number of hydrogen-bond acceptors (Lipinski definition) is 4. The summed E-state index contributed by atoms with van der Waals surface area (Å²) in [5.74, 6) is 0. The van der Waals surface area contributed by atoms with Crippen molar-refractivity contribution in [2.75, 3.05) is 6.54 Å². The van der Waals surface area contributed by atoms with Crippen molar-refractivity contribution in [1.82, 2.24) is 19.5 Å². The Morgan fingerprint density at radius 1 is 1.19 bits per heavy atom. The fourth-order valence-corrected chi connectivity index (χ4v) is 5.11. The SMILES string of the molecule is Cc1ccc(Cc2cccc(C3CCCN3S(=O)(=O)c3cn[nH]c3)n2)cc1. The largest absolute Gasteiger partial charge is 0.284 e. The number of nitrogens with one attached hydrogen (secondary N) is 1. The first-order valence-electron chi connectivity index (χ1n) is 9.06. The predicted molar refractivity (Wildman–Crippen MR) is 103 cm³/mol. The Kier molecular flexibility index (Phi) is 4.80. The molecule has 7 heteroatoms. The zero-order chi connectivity index (χ0) is 18.9. The van der Waals surface area contributed by atoms with Gasteiger partial charge in [0.25, 0.3) is 0 Å². The molecule has 0 radical (unpaired) electrons. The van der Waals surface area contributed by atoms with E-state index in [1.165, 1.54) is 23.5 Å². The monoisotopic (exact) mass is 382 g/mol. The van der Waals surface area contributed by atoms with Crippen molar-refractivity contribution in [3.63, 3.8) is 0 Å². The van der Waals surface area contributed by atoms with E-state index in [2.05, 4.69) is 41.4 Å². The molecule has 0 aliphatic carbocycles. The lowest BCUT2D eigenvalue weighted by molar-refractivity contribution is 0.390. The Bertz CT molecular complexity index is 1010. The van der Waals surface area contributed by atoms with Crippen LogP contribution in [-0.4, -0.2) is 34.4 Å². The zero-order valence-electron chi connectivity index (χ0n) is 15.2. The number of sulfonamides is 1. The van der Waals surface area contributed by atoms with E-state index in [4.69, 9.17) is 4.98 Å². The van der Waals surface area contributed by atoms with E-state index in [1.54, 1.807) is 4.31 Å². The fraction of sp³-hybridized carbons (Fsp3) is 0.300. The maximum absolute atomic E-state index is 12.9. The lowest BCUT2D eigenvalue weighted by Crippen LogP contribution is -2.31. The summed E-state index contributed by atoms with van der Waals surface area (Å²) in [5.41, 5.74) is 4.18. The van der Waals surface area contributed by atoms with Gasteiger partial charge in [0.2, 0.25) is 10.0 Å². The number of nitrogens with zero attached hydrogens (tertiary/aromatic N) is 3. The van der Waals surface area contributed by atoms with Gasteiger partial charge in [0, 0.05) is 24.9 Å². The smallest absolute Gasteiger partial charge is 0.246 e. The summed E-state index contributed by atoms with van der Waals surface area (Å²) in [5, 5.41) is 6.36. The van der Waals surface area contributed by atoms with E-state index in [0.29, 0.717) is 6.54 Å². The minimum atomic E-state index is -3.57. The molecule has 1 aliphatic rings. The van der Waals surface area contributed by atoms with Crippen molar-refractivity contribution in [2.24, 2.45) is 0 Å². The van der Waals surface area contributed by atoms with Crippen LogP contribution < -0.4 is 0 Å². The summed E-state index contributed by atoms with van der Waals surface area (Å²) in [6, 6.07) is 14.0. The van der Waals surface area contributed by atoms with Gasteiger partial charge in [0.15, 0.2) is 0 Å². The van der Waals surface area contributed by atoms with Crippen LogP contribution in [0.25, 0.3) is 0 Å². The second kappa shape index (κ2) is 7.25. The molecule has 0 saturated carbocycles. The minimum absolute atomic E-state index is 0.199.